The van der Waals surface area contributed by atoms with Gasteiger partial charge in [-0.05, 0) is 27.7 Å². The van der Waals surface area contributed by atoms with Gasteiger partial charge in [-0.3, -0.25) is 0 Å². The smallest absolute Gasteiger partial charge is 0.400 e. The van der Waals surface area contributed by atoms with Gasteiger partial charge in [-0.15, -0.1) is 0 Å². The van der Waals surface area contributed by atoms with Crippen molar-refractivity contribution < 1.29 is 21.8 Å². The lowest BCUT2D eigenvalue weighted by Gasteiger charge is -2.26. The molecule has 92 valence electrons. The monoisotopic (exact) mass is 254 g/mol. The van der Waals surface area contributed by atoms with Crippen molar-refractivity contribution in [3.8, 4) is 0 Å². The number of hydrogen-bond donors (Lipinski definition) is 0. The number of hydrogen-bond acceptors (Lipinski definition) is 5. The Kier molecular flexibility index (Phi) is 9.61. The van der Waals surface area contributed by atoms with Gasteiger partial charge in [-0.2, -0.15) is 0 Å². The van der Waals surface area contributed by atoms with Crippen molar-refractivity contribution in [2.24, 2.45) is 0 Å². The molecule has 0 rings (SSSR count). The van der Waals surface area contributed by atoms with Crippen LogP contribution in [0.25, 0.3) is 0 Å². The van der Waals surface area contributed by atoms with E-state index in [0.29, 0.717) is 26.4 Å². The molecule has 0 N–H and O–H groups in total. The molecule has 0 saturated carbocycles. The first-order valence-corrected chi connectivity index (χ1v) is 8.16. The van der Waals surface area contributed by atoms with Crippen molar-refractivity contribution in [3.63, 3.8) is 0 Å². The SMILES string of the molecule is CCO[SiH2]O[Si](OCC)(OCC)OCC. The minimum atomic E-state index is -2.90. The van der Waals surface area contributed by atoms with Crippen LogP contribution < -0.4 is 0 Å². The maximum absolute atomic E-state index is 5.58. The average molecular weight is 254 g/mol. The molecule has 0 aliphatic heterocycles. The fourth-order valence-corrected chi connectivity index (χ4v) is 4.37. The van der Waals surface area contributed by atoms with Gasteiger partial charge in [0.15, 0.2) is 0 Å². The van der Waals surface area contributed by atoms with Gasteiger partial charge in [0.05, 0.1) is 0 Å². The van der Waals surface area contributed by atoms with Crippen molar-refractivity contribution in [3.05, 3.63) is 0 Å². The van der Waals surface area contributed by atoms with Gasteiger partial charge in [0.25, 0.3) is 10.0 Å². The van der Waals surface area contributed by atoms with Crippen LogP contribution in [0, 0.1) is 0 Å². The molecule has 0 bridgehead atoms. The molecular weight excluding hydrogens is 232 g/mol. The van der Waals surface area contributed by atoms with Crippen molar-refractivity contribution in [1.29, 1.82) is 0 Å². The van der Waals surface area contributed by atoms with Crippen LogP contribution in [0.5, 0.6) is 0 Å². The second-order valence-electron chi connectivity index (χ2n) is 2.55. The Balaban J connectivity index is 4.18. The van der Waals surface area contributed by atoms with Gasteiger partial charge in [0.2, 0.25) is 0 Å². The fraction of sp³-hybridized carbons (Fsp3) is 1.00. The van der Waals surface area contributed by atoms with E-state index in [9.17, 15) is 0 Å². The van der Waals surface area contributed by atoms with E-state index >= 15 is 0 Å². The maximum Gasteiger partial charge on any atom is 0.670 e. The lowest BCUT2D eigenvalue weighted by atomic mass is 10.9. The van der Waals surface area contributed by atoms with Gasteiger partial charge >= 0.3 is 9.05 Å². The van der Waals surface area contributed by atoms with Gasteiger partial charge < -0.3 is 21.8 Å². The third kappa shape index (κ3) is 6.41. The van der Waals surface area contributed by atoms with E-state index in [0.717, 1.165) is 0 Å². The van der Waals surface area contributed by atoms with E-state index in [-0.39, 0.29) is 0 Å². The Labute approximate surface area is 95.6 Å². The third-order valence-corrected chi connectivity index (χ3v) is 5.87. The van der Waals surface area contributed by atoms with E-state index in [2.05, 4.69) is 0 Å². The third-order valence-electron chi connectivity index (χ3n) is 1.49. The lowest BCUT2D eigenvalue weighted by molar-refractivity contribution is 0.00478. The Morgan fingerprint density at radius 2 is 1.27 bits per heavy atom. The zero-order valence-electron chi connectivity index (χ0n) is 10.1. The molecular formula is C8H22O5Si2. The summed E-state index contributed by atoms with van der Waals surface area (Å²) < 4.78 is 27.3. The molecule has 0 amide bonds. The first-order valence-electron chi connectivity index (χ1n) is 5.38. The van der Waals surface area contributed by atoms with Crippen LogP contribution in [0.15, 0.2) is 0 Å². The van der Waals surface area contributed by atoms with Crippen LogP contribution >= 0.6 is 0 Å². The highest BCUT2D eigenvalue weighted by Gasteiger charge is 2.44. The van der Waals surface area contributed by atoms with Crippen molar-refractivity contribution in [1.82, 2.24) is 0 Å². The summed E-state index contributed by atoms with van der Waals surface area (Å²) in [6, 6.07) is 0. The van der Waals surface area contributed by atoms with E-state index in [1.165, 1.54) is 0 Å². The maximum atomic E-state index is 5.58. The van der Waals surface area contributed by atoms with Crippen molar-refractivity contribution >= 4 is 19.1 Å². The summed E-state index contributed by atoms with van der Waals surface area (Å²) in [6.45, 7) is 9.83. The molecule has 0 heterocycles. The van der Waals surface area contributed by atoms with Gasteiger partial charge in [-0.25, -0.2) is 0 Å². The Morgan fingerprint density at radius 3 is 1.60 bits per heavy atom. The molecule has 5 nitrogen and oxygen atoms in total. The molecule has 0 unspecified atom stereocenters. The van der Waals surface area contributed by atoms with Crippen LogP contribution in [-0.2, 0) is 21.8 Å². The minimum Gasteiger partial charge on any atom is -0.400 e. The summed E-state index contributed by atoms with van der Waals surface area (Å²) in [5.74, 6) is 0. The Morgan fingerprint density at radius 1 is 0.800 bits per heavy atom. The van der Waals surface area contributed by atoms with E-state index in [1.54, 1.807) is 0 Å². The van der Waals surface area contributed by atoms with Gasteiger partial charge in [0, 0.05) is 26.4 Å². The lowest BCUT2D eigenvalue weighted by Crippen LogP contribution is -2.50. The first kappa shape index (κ1) is 15.2. The van der Waals surface area contributed by atoms with Crippen LogP contribution in [0.1, 0.15) is 27.7 Å². The second-order valence-corrected chi connectivity index (χ2v) is 6.22. The predicted molar refractivity (Wildman–Crippen MR) is 61.9 cm³/mol. The highest BCUT2D eigenvalue weighted by atomic mass is 28.4. The molecule has 0 spiro atoms. The zero-order chi connectivity index (χ0) is 11.6. The van der Waals surface area contributed by atoms with Gasteiger partial charge in [-0.1, -0.05) is 0 Å². The highest BCUT2D eigenvalue weighted by molar-refractivity contribution is 6.59. The highest BCUT2D eigenvalue weighted by Crippen LogP contribution is 2.11. The molecule has 0 aliphatic rings. The largest absolute Gasteiger partial charge is 0.670 e. The van der Waals surface area contributed by atoms with Crippen molar-refractivity contribution in [2.75, 3.05) is 26.4 Å². The van der Waals surface area contributed by atoms with E-state index in [1.807, 2.05) is 27.7 Å². The van der Waals surface area contributed by atoms with Crippen molar-refractivity contribution in [2.45, 2.75) is 27.7 Å². The topological polar surface area (TPSA) is 46.2 Å². The summed E-state index contributed by atoms with van der Waals surface area (Å²) in [6.07, 6.45) is 0. The molecule has 0 aromatic carbocycles. The predicted octanol–water partition coefficient (Wildman–Crippen LogP) is 0.583. The average Bonchev–Trinajstić information content (AvgIpc) is 2.19. The molecule has 0 saturated heterocycles. The van der Waals surface area contributed by atoms with Crippen LogP contribution in [0.3, 0.4) is 0 Å². The normalized spacial score (nSPS) is 12.8. The first-order chi connectivity index (χ1) is 7.24. The molecule has 0 atom stereocenters. The summed E-state index contributed by atoms with van der Waals surface area (Å²) >= 11 is 0. The minimum absolute atomic E-state index is 0.521. The van der Waals surface area contributed by atoms with E-state index in [4.69, 9.17) is 21.8 Å². The zero-order valence-corrected chi connectivity index (χ0v) is 12.5. The molecule has 7 heteroatoms. The molecule has 0 aromatic rings. The molecule has 15 heavy (non-hydrogen) atoms. The van der Waals surface area contributed by atoms with Crippen LogP contribution in [-0.4, -0.2) is 45.5 Å². The summed E-state index contributed by atoms with van der Waals surface area (Å²) in [5.41, 5.74) is 0. The van der Waals surface area contributed by atoms with E-state index < -0.39 is 19.1 Å². The summed E-state index contributed by atoms with van der Waals surface area (Å²) in [4.78, 5) is 0. The Bertz CT molecular complexity index is 130. The fourth-order valence-electron chi connectivity index (χ4n) is 0.977. The molecule has 0 aromatic heterocycles. The quantitative estimate of drug-likeness (QED) is 0.422. The summed E-state index contributed by atoms with van der Waals surface area (Å²) in [5, 5.41) is 0. The second kappa shape index (κ2) is 9.46. The molecule has 0 aliphatic carbocycles. The Hall–Kier alpha value is 0.234. The van der Waals surface area contributed by atoms with Crippen LogP contribution in [0.4, 0.5) is 0 Å². The summed E-state index contributed by atoms with van der Waals surface area (Å²) in [7, 11) is -3.96. The number of rotatable bonds is 10. The molecule has 0 radical (unpaired) electrons. The molecule has 0 fully saturated rings. The standard InChI is InChI=1S/C8H22O5Si2/c1-5-9-14-13-15(10-6-2,11-7-3)12-8-4/h5-8,14H2,1-4H3. The van der Waals surface area contributed by atoms with Crippen LogP contribution in [0.2, 0.25) is 0 Å². The van der Waals surface area contributed by atoms with Gasteiger partial charge in [0.1, 0.15) is 0 Å².